The Morgan fingerprint density at radius 3 is 2.36 bits per heavy atom. The van der Waals surface area contributed by atoms with Crippen LogP contribution in [0.4, 0.5) is 9.18 Å². The lowest BCUT2D eigenvalue weighted by Gasteiger charge is -2.33. The zero-order valence-corrected chi connectivity index (χ0v) is 29.0. The predicted octanol–water partition coefficient (Wildman–Crippen LogP) is 4.07. The highest BCUT2D eigenvalue weighted by molar-refractivity contribution is 7.88. The van der Waals surface area contributed by atoms with Crippen LogP contribution in [0.25, 0.3) is 6.08 Å². The summed E-state index contributed by atoms with van der Waals surface area (Å²) in [7, 11) is -1.26. The molecular formula is C34H50FN3O8S. The first-order chi connectivity index (χ1) is 22.2. The predicted molar refractivity (Wildman–Crippen MR) is 177 cm³/mol. The fourth-order valence-corrected chi connectivity index (χ4v) is 7.06. The molecule has 262 valence electrons. The van der Waals surface area contributed by atoms with Gasteiger partial charge in [0.05, 0.1) is 18.8 Å². The number of aliphatic hydroxyl groups is 1. The van der Waals surface area contributed by atoms with Crippen molar-refractivity contribution in [1.29, 1.82) is 0 Å². The molecule has 4 rings (SSSR count). The van der Waals surface area contributed by atoms with Gasteiger partial charge in [-0.2, -0.15) is 0 Å². The van der Waals surface area contributed by atoms with Gasteiger partial charge in [-0.25, -0.2) is 21.9 Å². The largest absolute Gasteiger partial charge is 0.490 e. The van der Waals surface area contributed by atoms with Gasteiger partial charge in [0.1, 0.15) is 29.9 Å². The molecular weight excluding hydrogens is 629 g/mol. The molecule has 1 N–H and O–H groups in total. The topological polar surface area (TPSA) is 126 Å². The number of piperidine rings is 1. The summed E-state index contributed by atoms with van der Waals surface area (Å²) in [5.41, 5.74) is 1.16. The van der Waals surface area contributed by atoms with Gasteiger partial charge < -0.3 is 29.1 Å². The molecule has 11 nitrogen and oxygen atoms in total. The number of esters is 1. The molecule has 2 saturated heterocycles. The molecule has 2 fully saturated rings. The lowest BCUT2D eigenvalue weighted by atomic mass is 9.91. The summed E-state index contributed by atoms with van der Waals surface area (Å²) in [5, 5.41) is 10.6. The number of halogens is 1. The van der Waals surface area contributed by atoms with Crippen molar-refractivity contribution >= 4 is 28.2 Å². The van der Waals surface area contributed by atoms with Crippen LogP contribution in [0.3, 0.4) is 0 Å². The van der Waals surface area contributed by atoms with Crippen LogP contribution in [-0.2, 0) is 24.3 Å². The van der Waals surface area contributed by atoms with Crippen molar-refractivity contribution in [3.63, 3.8) is 0 Å². The number of benzene rings is 1. The molecule has 0 radical (unpaired) electrons. The smallest absolute Gasteiger partial charge is 0.410 e. The third-order valence-corrected chi connectivity index (χ3v) is 10.5. The van der Waals surface area contributed by atoms with Gasteiger partial charge in [-0.15, -0.1) is 0 Å². The molecule has 0 aromatic heterocycles. The van der Waals surface area contributed by atoms with E-state index in [9.17, 15) is 27.5 Å². The van der Waals surface area contributed by atoms with E-state index in [1.807, 2.05) is 33.0 Å². The molecule has 0 bridgehead atoms. The number of hydrogen-bond donors (Lipinski definition) is 1. The Hall–Kier alpha value is -3.00. The molecule has 3 aliphatic heterocycles. The molecule has 0 saturated carbocycles. The van der Waals surface area contributed by atoms with Gasteiger partial charge in [0.25, 0.3) is 0 Å². The van der Waals surface area contributed by atoms with E-state index in [0.29, 0.717) is 68.7 Å². The van der Waals surface area contributed by atoms with E-state index in [2.05, 4.69) is 4.90 Å². The van der Waals surface area contributed by atoms with Crippen LogP contribution in [0.1, 0.15) is 58.4 Å². The third kappa shape index (κ3) is 11.0. The maximum absolute atomic E-state index is 14.7. The Morgan fingerprint density at radius 1 is 1.02 bits per heavy atom. The molecule has 3 heterocycles. The monoisotopic (exact) mass is 679 g/mol. The summed E-state index contributed by atoms with van der Waals surface area (Å²) in [6.07, 6.45) is 5.56. The Morgan fingerprint density at radius 2 is 1.70 bits per heavy atom. The average molecular weight is 680 g/mol. The van der Waals surface area contributed by atoms with E-state index in [0.717, 1.165) is 13.1 Å². The molecule has 47 heavy (non-hydrogen) atoms. The fourth-order valence-electron chi connectivity index (χ4n) is 6.18. The van der Waals surface area contributed by atoms with Gasteiger partial charge >= 0.3 is 12.1 Å². The van der Waals surface area contributed by atoms with E-state index >= 15 is 0 Å². The van der Waals surface area contributed by atoms with E-state index < -0.39 is 40.1 Å². The van der Waals surface area contributed by atoms with Crippen molar-refractivity contribution in [2.45, 2.75) is 77.3 Å². The van der Waals surface area contributed by atoms with Crippen LogP contribution >= 0.6 is 0 Å². The van der Waals surface area contributed by atoms with Gasteiger partial charge in [-0.3, -0.25) is 4.79 Å². The number of ether oxygens (including phenoxy) is 3. The van der Waals surface area contributed by atoms with Crippen molar-refractivity contribution in [1.82, 2.24) is 14.1 Å². The first kappa shape index (κ1) is 36.8. The second-order valence-electron chi connectivity index (χ2n) is 13.3. The molecule has 0 unspecified atom stereocenters. The van der Waals surface area contributed by atoms with Gasteiger partial charge in [-0.1, -0.05) is 26.0 Å². The van der Waals surface area contributed by atoms with Crippen molar-refractivity contribution < 1.29 is 41.7 Å². The van der Waals surface area contributed by atoms with Crippen LogP contribution in [0.5, 0.6) is 5.75 Å². The van der Waals surface area contributed by atoms with Gasteiger partial charge in [0.2, 0.25) is 10.0 Å². The maximum atomic E-state index is 14.7. The average Bonchev–Trinajstić information content (AvgIpc) is 2.99. The SMILES string of the molecule is C/C(=C\c1cc(F)cc(OC2CCN(S(C)(=O)=O)CC2)c1)[C@H]1OC(=O)C[C@H](O)CC[C@H](C)[C@H](OC(=O)N2CCN(C)CC2)/C=C/[C@@H]1C. The number of piperazine rings is 1. The summed E-state index contributed by atoms with van der Waals surface area (Å²) in [6.45, 7) is 9.06. The number of carbonyl (C=O) groups excluding carboxylic acids is 2. The number of sulfonamides is 1. The zero-order chi connectivity index (χ0) is 34.3. The third-order valence-electron chi connectivity index (χ3n) is 9.17. The van der Waals surface area contributed by atoms with Crippen molar-refractivity contribution in [2.75, 3.05) is 52.6 Å². The molecule has 13 heteroatoms. The molecule has 1 aromatic carbocycles. The number of aliphatic hydroxyl groups excluding tert-OH is 1. The maximum Gasteiger partial charge on any atom is 0.410 e. The quantitative estimate of drug-likeness (QED) is 0.350. The number of hydrogen-bond acceptors (Lipinski definition) is 9. The van der Waals surface area contributed by atoms with E-state index in [1.54, 1.807) is 24.0 Å². The lowest BCUT2D eigenvalue weighted by Crippen LogP contribution is -2.48. The number of rotatable bonds is 6. The van der Waals surface area contributed by atoms with Gasteiger partial charge in [-0.05, 0) is 74.9 Å². The van der Waals surface area contributed by atoms with Crippen molar-refractivity contribution in [2.24, 2.45) is 11.8 Å². The van der Waals surface area contributed by atoms with Gasteiger partial charge in [0.15, 0.2) is 0 Å². The first-order valence-electron chi connectivity index (χ1n) is 16.5. The number of amides is 1. The minimum absolute atomic E-state index is 0.0978. The number of cyclic esters (lactones) is 1. The molecule has 5 atom stereocenters. The van der Waals surface area contributed by atoms with Crippen molar-refractivity contribution in [3.8, 4) is 5.75 Å². The second kappa shape index (κ2) is 16.4. The Balaban J connectivity index is 1.51. The fraction of sp³-hybridized carbons (Fsp3) is 0.647. The Kier molecular flexibility index (Phi) is 12.9. The van der Waals surface area contributed by atoms with Crippen LogP contribution in [0.15, 0.2) is 35.9 Å². The summed E-state index contributed by atoms with van der Waals surface area (Å²) >= 11 is 0. The highest BCUT2D eigenvalue weighted by atomic mass is 32.2. The minimum Gasteiger partial charge on any atom is -0.490 e. The molecule has 0 aliphatic carbocycles. The number of likely N-dealkylation sites (N-methyl/N-ethyl adjacent to an activating group) is 1. The van der Waals surface area contributed by atoms with Crippen LogP contribution in [0.2, 0.25) is 0 Å². The highest BCUT2D eigenvalue weighted by Gasteiger charge is 2.30. The molecule has 1 aromatic rings. The number of carbonyl (C=O) groups is 2. The highest BCUT2D eigenvalue weighted by Crippen LogP contribution is 2.28. The van der Waals surface area contributed by atoms with Gasteiger partial charge in [0, 0.05) is 51.3 Å². The summed E-state index contributed by atoms with van der Waals surface area (Å²) in [5.74, 6) is -1.15. The van der Waals surface area contributed by atoms with Crippen molar-refractivity contribution in [3.05, 3.63) is 47.3 Å². The Labute approximate surface area is 278 Å². The molecule has 0 spiro atoms. The van der Waals surface area contributed by atoms with Crippen LogP contribution in [0, 0.1) is 17.7 Å². The second-order valence-corrected chi connectivity index (χ2v) is 15.3. The van der Waals surface area contributed by atoms with Crippen LogP contribution in [-0.4, -0.2) is 117 Å². The molecule has 1 amide bonds. The standard InChI is InChI=1S/C34H50FN3O8S/c1-23-6-8-28(39)22-32(40)46-33(24(2)7-9-31(23)45-34(41)37-16-14-36(4)15-17-37)25(3)18-26-19-27(35)21-30(20-26)44-29-10-12-38(13-11-29)47(5,42)43/h7,9,18-21,23-24,28-29,31,33,39H,6,8,10-17,22H2,1-5H3/b9-7+,25-18+/t23-,24-,28+,31+,33-/m0/s1. The lowest BCUT2D eigenvalue weighted by molar-refractivity contribution is -0.151. The van der Waals surface area contributed by atoms with Crippen LogP contribution < -0.4 is 4.74 Å². The summed E-state index contributed by atoms with van der Waals surface area (Å²) in [6, 6.07) is 4.36. The zero-order valence-electron chi connectivity index (χ0n) is 28.1. The summed E-state index contributed by atoms with van der Waals surface area (Å²) in [4.78, 5) is 29.8. The molecule has 3 aliphatic rings. The van der Waals surface area contributed by atoms with E-state index in [1.165, 1.54) is 22.7 Å². The Bertz CT molecular complexity index is 1400. The summed E-state index contributed by atoms with van der Waals surface area (Å²) < 4.78 is 57.8. The number of nitrogens with zero attached hydrogens (tertiary/aromatic N) is 3. The normalized spacial score (nSPS) is 28.9. The van der Waals surface area contributed by atoms with E-state index in [-0.39, 0.29) is 30.5 Å². The minimum atomic E-state index is -3.27. The first-order valence-corrected chi connectivity index (χ1v) is 18.3. The van der Waals surface area contributed by atoms with E-state index in [4.69, 9.17) is 14.2 Å².